The average Bonchev–Trinajstić information content (AvgIpc) is 3.02. The van der Waals surface area contributed by atoms with Gasteiger partial charge in [0.2, 0.25) is 0 Å². The summed E-state index contributed by atoms with van der Waals surface area (Å²) in [5, 5.41) is 0. The number of pyridine rings is 1. The summed E-state index contributed by atoms with van der Waals surface area (Å²) in [6.45, 7) is 1.44. The molecule has 0 N–H and O–H groups in total. The van der Waals surface area contributed by atoms with Crippen molar-refractivity contribution in [2.24, 2.45) is 7.05 Å². The number of rotatable bonds is 4. The van der Waals surface area contributed by atoms with Crippen LogP contribution in [-0.4, -0.2) is 41.8 Å². The zero-order valence-corrected chi connectivity index (χ0v) is 16.4. The summed E-state index contributed by atoms with van der Waals surface area (Å²) in [4.78, 5) is 19.6. The molecule has 7 nitrogen and oxygen atoms in total. The van der Waals surface area contributed by atoms with Gasteiger partial charge in [-0.1, -0.05) is 6.92 Å². The molecule has 29 heavy (non-hydrogen) atoms. The number of nitrogens with zero attached hydrogens (tertiary/aromatic N) is 3. The second kappa shape index (κ2) is 7.14. The highest BCUT2D eigenvalue weighted by Crippen LogP contribution is 2.33. The van der Waals surface area contributed by atoms with Crippen LogP contribution in [0.1, 0.15) is 22.8 Å². The molecule has 2 aromatic heterocycles. The molecule has 0 bridgehead atoms. The summed E-state index contributed by atoms with van der Waals surface area (Å²) in [6, 6.07) is 4.76. The van der Waals surface area contributed by atoms with Gasteiger partial charge in [0.1, 0.15) is 11.3 Å². The minimum absolute atomic E-state index is 0.0273. The van der Waals surface area contributed by atoms with Crippen molar-refractivity contribution in [2.75, 3.05) is 12.9 Å². The third-order valence-electron chi connectivity index (χ3n) is 4.40. The number of aromatic nitrogens is 3. The van der Waals surface area contributed by atoms with Crippen molar-refractivity contribution in [3.05, 3.63) is 41.6 Å². The molecule has 154 valence electrons. The van der Waals surface area contributed by atoms with Gasteiger partial charge < -0.3 is 9.30 Å². The topological polar surface area (TPSA) is 91.2 Å². The first-order valence-electron chi connectivity index (χ1n) is 8.34. The number of carbonyl (C=O) groups is 1. The van der Waals surface area contributed by atoms with Crippen molar-refractivity contribution in [3.63, 3.8) is 0 Å². The third kappa shape index (κ3) is 3.69. The lowest BCUT2D eigenvalue weighted by Crippen LogP contribution is -2.10. The van der Waals surface area contributed by atoms with E-state index in [4.69, 9.17) is 0 Å². The van der Waals surface area contributed by atoms with E-state index in [0.29, 0.717) is 6.20 Å². The van der Waals surface area contributed by atoms with Crippen LogP contribution in [0.3, 0.4) is 0 Å². The Labute approximate surface area is 164 Å². The monoisotopic (exact) mass is 427 g/mol. The highest BCUT2D eigenvalue weighted by Gasteiger charge is 2.32. The number of hydrogen-bond donors (Lipinski definition) is 0. The van der Waals surface area contributed by atoms with Crippen LogP contribution in [0, 0.1) is 0 Å². The minimum Gasteiger partial charge on any atom is -0.465 e. The Morgan fingerprint density at radius 3 is 2.52 bits per heavy atom. The Morgan fingerprint density at radius 1 is 1.24 bits per heavy atom. The van der Waals surface area contributed by atoms with Crippen molar-refractivity contribution in [1.29, 1.82) is 0 Å². The Hall–Kier alpha value is -2.95. The molecule has 3 aromatic rings. The first-order chi connectivity index (χ1) is 13.5. The molecule has 0 fully saturated rings. The number of carbonyl (C=O) groups excluding carboxylic acids is 1. The lowest BCUT2D eigenvalue weighted by Gasteiger charge is -2.11. The smallest absolute Gasteiger partial charge is 0.417 e. The Bertz CT molecular complexity index is 1220. The fourth-order valence-corrected chi connectivity index (χ4v) is 3.95. The lowest BCUT2D eigenvalue weighted by molar-refractivity contribution is -0.137. The number of hydrogen-bond acceptors (Lipinski definition) is 6. The minimum atomic E-state index is -4.59. The van der Waals surface area contributed by atoms with Gasteiger partial charge >= 0.3 is 12.1 Å². The van der Waals surface area contributed by atoms with E-state index >= 15 is 0 Å². The first-order valence-corrected chi connectivity index (χ1v) is 10.00. The zero-order chi connectivity index (χ0) is 21.6. The van der Waals surface area contributed by atoms with Gasteiger partial charge in [0, 0.05) is 18.8 Å². The van der Waals surface area contributed by atoms with Gasteiger partial charge in [0.25, 0.3) is 0 Å². The normalized spacial score (nSPS) is 12.3. The first kappa shape index (κ1) is 20.8. The number of halogens is 3. The molecule has 0 aliphatic carbocycles. The van der Waals surface area contributed by atoms with Crippen molar-refractivity contribution < 1.29 is 31.1 Å². The van der Waals surface area contributed by atoms with Gasteiger partial charge in [-0.25, -0.2) is 23.2 Å². The van der Waals surface area contributed by atoms with E-state index in [0.717, 1.165) is 6.07 Å². The third-order valence-corrected chi connectivity index (χ3v) is 6.16. The molecular formula is C18H16F3N3O4S. The molecule has 0 unspecified atom stereocenters. The molecule has 0 aliphatic rings. The maximum Gasteiger partial charge on any atom is 0.417 e. The maximum absolute atomic E-state index is 13.0. The number of alkyl halides is 3. The molecule has 1 aromatic carbocycles. The lowest BCUT2D eigenvalue weighted by atomic mass is 10.1. The molecule has 0 spiro atoms. The van der Waals surface area contributed by atoms with Gasteiger partial charge in [-0.2, -0.15) is 13.2 Å². The summed E-state index contributed by atoms with van der Waals surface area (Å²) < 4.78 is 70.2. The summed E-state index contributed by atoms with van der Waals surface area (Å²) in [5.41, 5.74) is -0.663. The average molecular weight is 427 g/mol. The summed E-state index contributed by atoms with van der Waals surface area (Å²) >= 11 is 0. The molecule has 2 heterocycles. The van der Waals surface area contributed by atoms with Crippen molar-refractivity contribution in [2.45, 2.75) is 18.0 Å². The predicted octanol–water partition coefficient (Wildman–Crippen LogP) is 3.23. The fourth-order valence-electron chi connectivity index (χ4n) is 2.84. The number of fused-ring (bicyclic) bond motifs is 1. The maximum atomic E-state index is 13.0. The molecule has 0 atom stereocenters. The Balaban J connectivity index is 2.28. The number of methoxy groups -OCH3 is 1. The zero-order valence-electron chi connectivity index (χ0n) is 15.6. The Kier molecular flexibility index (Phi) is 5.11. The molecule has 0 amide bonds. The van der Waals surface area contributed by atoms with Crippen molar-refractivity contribution >= 4 is 27.0 Å². The number of imidazole rings is 1. The van der Waals surface area contributed by atoms with E-state index in [1.165, 1.54) is 43.8 Å². The van der Waals surface area contributed by atoms with Crippen LogP contribution in [0.2, 0.25) is 0 Å². The molecule has 0 aliphatic heterocycles. The van der Waals surface area contributed by atoms with E-state index in [-0.39, 0.29) is 38.8 Å². The highest BCUT2D eigenvalue weighted by molar-refractivity contribution is 7.91. The Morgan fingerprint density at radius 2 is 1.93 bits per heavy atom. The summed E-state index contributed by atoms with van der Waals surface area (Å²) in [7, 11) is -1.11. The van der Waals surface area contributed by atoms with Gasteiger partial charge in [-0.3, -0.25) is 0 Å². The second-order valence-corrected chi connectivity index (χ2v) is 8.41. The number of benzene rings is 1. The number of sulfone groups is 1. The van der Waals surface area contributed by atoms with Gasteiger partial charge in [-0.05, 0) is 24.3 Å². The van der Waals surface area contributed by atoms with Crippen LogP contribution in [0.5, 0.6) is 0 Å². The van der Waals surface area contributed by atoms with E-state index < -0.39 is 27.5 Å². The molecule has 3 rings (SSSR count). The van der Waals surface area contributed by atoms with Crippen LogP contribution in [-0.2, 0) is 27.8 Å². The fraction of sp³-hybridized carbons (Fsp3) is 0.278. The number of esters is 1. The molecular weight excluding hydrogens is 411 g/mol. The standard InChI is InChI=1S/C18H16F3N3O4S/c1-4-29(26,27)14-7-10(17(25)28-3)5-6-12(14)15-23-13-8-11(18(19,20)21)9-22-16(13)24(15)2/h5-9H,4H2,1-3H3. The van der Waals surface area contributed by atoms with Gasteiger partial charge in [0.15, 0.2) is 15.5 Å². The number of aryl methyl sites for hydroxylation is 1. The second-order valence-electron chi connectivity index (χ2n) is 6.16. The molecule has 11 heteroatoms. The van der Waals surface area contributed by atoms with Crippen LogP contribution in [0.4, 0.5) is 13.2 Å². The molecule has 0 saturated heterocycles. The van der Waals surface area contributed by atoms with E-state index in [1.54, 1.807) is 0 Å². The SMILES string of the molecule is CCS(=O)(=O)c1cc(C(=O)OC)ccc1-c1nc2cc(C(F)(F)F)cnc2n1C. The van der Waals surface area contributed by atoms with Crippen LogP contribution >= 0.6 is 0 Å². The molecule has 0 saturated carbocycles. The number of ether oxygens (including phenoxy) is 1. The quantitative estimate of drug-likeness (QED) is 0.594. The van der Waals surface area contributed by atoms with Gasteiger partial charge in [0.05, 0.1) is 28.9 Å². The van der Waals surface area contributed by atoms with E-state index in [2.05, 4.69) is 14.7 Å². The predicted molar refractivity (Wildman–Crippen MR) is 98.0 cm³/mol. The van der Waals surface area contributed by atoms with Crippen LogP contribution in [0.15, 0.2) is 35.4 Å². The van der Waals surface area contributed by atoms with Crippen LogP contribution in [0.25, 0.3) is 22.6 Å². The largest absolute Gasteiger partial charge is 0.465 e. The van der Waals surface area contributed by atoms with E-state index in [9.17, 15) is 26.4 Å². The molecule has 0 radical (unpaired) electrons. The van der Waals surface area contributed by atoms with Crippen molar-refractivity contribution in [1.82, 2.24) is 14.5 Å². The summed E-state index contributed by atoms with van der Waals surface area (Å²) in [5.74, 6) is -0.855. The van der Waals surface area contributed by atoms with Crippen molar-refractivity contribution in [3.8, 4) is 11.4 Å². The highest BCUT2D eigenvalue weighted by atomic mass is 32.2. The van der Waals surface area contributed by atoms with Gasteiger partial charge in [-0.15, -0.1) is 0 Å². The van der Waals surface area contributed by atoms with Crippen LogP contribution < -0.4 is 0 Å². The summed E-state index contributed by atoms with van der Waals surface area (Å²) in [6.07, 6.45) is -3.89. The van der Waals surface area contributed by atoms with E-state index in [1.807, 2.05) is 0 Å².